The minimum Gasteiger partial charge on any atom is -0.357 e. The van der Waals surface area contributed by atoms with E-state index in [1.165, 1.54) is 31.2 Å². The van der Waals surface area contributed by atoms with Gasteiger partial charge in [-0.1, -0.05) is 38.8 Å². The summed E-state index contributed by atoms with van der Waals surface area (Å²) < 4.78 is 0. The normalized spacial score (nSPS) is 17.5. The van der Waals surface area contributed by atoms with E-state index >= 15 is 0 Å². The van der Waals surface area contributed by atoms with Gasteiger partial charge in [0, 0.05) is 11.2 Å². The summed E-state index contributed by atoms with van der Waals surface area (Å²) in [5, 5.41) is 7.64. The van der Waals surface area contributed by atoms with Crippen molar-refractivity contribution in [3.8, 4) is 0 Å². The molecule has 2 N–H and O–H groups in total. The van der Waals surface area contributed by atoms with Gasteiger partial charge in [0.15, 0.2) is 5.11 Å². The average molecular weight is 276 g/mol. The Bertz CT molecular complexity index is 448. The van der Waals surface area contributed by atoms with Crippen LogP contribution in [0.3, 0.4) is 0 Å². The molecule has 0 radical (unpaired) electrons. The zero-order chi connectivity index (χ0) is 13.9. The molecule has 1 aliphatic carbocycles. The lowest BCUT2D eigenvalue weighted by atomic mass is 9.85. The molecule has 2 rings (SSSR count). The van der Waals surface area contributed by atoms with Crippen LogP contribution in [0, 0.1) is 12.8 Å². The number of anilines is 1. The van der Waals surface area contributed by atoms with Crippen LogP contribution in [0.25, 0.3) is 0 Å². The molecule has 0 atom stereocenters. The summed E-state index contributed by atoms with van der Waals surface area (Å²) >= 11 is 5.48. The highest BCUT2D eigenvalue weighted by Gasteiger charge is 2.37. The molecular formula is C16H24N2S. The first-order chi connectivity index (χ1) is 9.02. The molecule has 1 saturated carbocycles. The summed E-state index contributed by atoms with van der Waals surface area (Å²) in [5.41, 5.74) is 2.50. The van der Waals surface area contributed by atoms with Gasteiger partial charge in [-0.3, -0.25) is 0 Å². The van der Waals surface area contributed by atoms with Crippen LogP contribution in [0.4, 0.5) is 5.69 Å². The quantitative estimate of drug-likeness (QED) is 0.807. The van der Waals surface area contributed by atoms with Crippen LogP contribution < -0.4 is 10.6 Å². The van der Waals surface area contributed by atoms with E-state index in [1.54, 1.807) is 0 Å². The minimum absolute atomic E-state index is 0.188. The van der Waals surface area contributed by atoms with Gasteiger partial charge in [0.2, 0.25) is 0 Å². The fourth-order valence-electron chi connectivity index (χ4n) is 2.96. The standard InChI is InChI=1S/C16H24N2S/c1-12(2)16(9-4-5-10-16)18-15(19)17-14-8-6-7-13(3)11-14/h6-8,11-12H,4-5,9-10H2,1-3H3,(H2,17,18,19). The van der Waals surface area contributed by atoms with E-state index in [2.05, 4.69) is 49.6 Å². The molecule has 0 spiro atoms. The number of thiocarbonyl (C=S) groups is 1. The molecule has 0 aromatic heterocycles. The Hall–Kier alpha value is -1.09. The first-order valence-corrected chi connectivity index (χ1v) is 7.58. The SMILES string of the molecule is Cc1cccc(NC(=S)NC2(C(C)C)CCCC2)c1. The molecule has 0 bridgehead atoms. The zero-order valence-corrected chi connectivity index (χ0v) is 12.9. The van der Waals surface area contributed by atoms with Crippen molar-refractivity contribution in [3.63, 3.8) is 0 Å². The number of hydrogen-bond acceptors (Lipinski definition) is 1. The maximum atomic E-state index is 5.48. The van der Waals surface area contributed by atoms with Gasteiger partial charge in [0.05, 0.1) is 0 Å². The smallest absolute Gasteiger partial charge is 0.171 e. The molecule has 104 valence electrons. The number of hydrogen-bond donors (Lipinski definition) is 2. The Kier molecular flexibility index (Phi) is 4.46. The van der Waals surface area contributed by atoms with E-state index in [-0.39, 0.29) is 5.54 Å². The van der Waals surface area contributed by atoms with Crippen LogP contribution in [0.15, 0.2) is 24.3 Å². The summed E-state index contributed by atoms with van der Waals surface area (Å²) in [5.74, 6) is 0.604. The van der Waals surface area contributed by atoms with E-state index in [0.717, 1.165) is 10.8 Å². The molecule has 1 aromatic rings. The highest BCUT2D eigenvalue weighted by molar-refractivity contribution is 7.80. The molecule has 0 unspecified atom stereocenters. The van der Waals surface area contributed by atoms with Crippen molar-refractivity contribution in [3.05, 3.63) is 29.8 Å². The van der Waals surface area contributed by atoms with Crippen molar-refractivity contribution in [2.75, 3.05) is 5.32 Å². The second-order valence-electron chi connectivity index (χ2n) is 5.97. The fourth-order valence-corrected chi connectivity index (χ4v) is 3.28. The van der Waals surface area contributed by atoms with Crippen LogP contribution in [-0.4, -0.2) is 10.7 Å². The fraction of sp³-hybridized carbons (Fsp3) is 0.562. The summed E-state index contributed by atoms with van der Waals surface area (Å²) in [4.78, 5) is 0. The van der Waals surface area contributed by atoms with Crippen molar-refractivity contribution < 1.29 is 0 Å². The van der Waals surface area contributed by atoms with Gasteiger partial charge >= 0.3 is 0 Å². The van der Waals surface area contributed by atoms with Gasteiger partial charge in [-0.05, 0) is 55.6 Å². The van der Waals surface area contributed by atoms with Crippen LogP contribution in [0.2, 0.25) is 0 Å². The van der Waals surface area contributed by atoms with Crippen LogP contribution >= 0.6 is 12.2 Å². The van der Waals surface area contributed by atoms with Crippen molar-refractivity contribution in [1.82, 2.24) is 5.32 Å². The van der Waals surface area contributed by atoms with E-state index in [1.807, 2.05) is 6.07 Å². The lowest BCUT2D eigenvalue weighted by molar-refractivity contribution is 0.283. The molecule has 1 fully saturated rings. The van der Waals surface area contributed by atoms with Crippen molar-refractivity contribution in [2.24, 2.45) is 5.92 Å². The Balaban J connectivity index is 2.00. The first kappa shape index (κ1) is 14.3. The molecule has 3 heteroatoms. The monoisotopic (exact) mass is 276 g/mol. The third kappa shape index (κ3) is 3.47. The summed E-state index contributed by atoms with van der Waals surface area (Å²) in [7, 11) is 0. The lowest BCUT2D eigenvalue weighted by Gasteiger charge is -2.35. The molecule has 0 amide bonds. The van der Waals surface area contributed by atoms with Crippen molar-refractivity contribution in [1.29, 1.82) is 0 Å². The van der Waals surface area contributed by atoms with Gasteiger partial charge in [-0.15, -0.1) is 0 Å². The van der Waals surface area contributed by atoms with Gasteiger partial charge in [0.1, 0.15) is 0 Å². The summed E-state index contributed by atoms with van der Waals surface area (Å²) in [6.45, 7) is 6.66. The summed E-state index contributed by atoms with van der Waals surface area (Å²) in [6.07, 6.45) is 5.05. The van der Waals surface area contributed by atoms with E-state index in [4.69, 9.17) is 12.2 Å². The van der Waals surface area contributed by atoms with E-state index in [9.17, 15) is 0 Å². The van der Waals surface area contributed by atoms with Crippen LogP contribution in [-0.2, 0) is 0 Å². The largest absolute Gasteiger partial charge is 0.357 e. The van der Waals surface area contributed by atoms with Crippen LogP contribution in [0.5, 0.6) is 0 Å². The van der Waals surface area contributed by atoms with Crippen molar-refractivity contribution in [2.45, 2.75) is 52.0 Å². The maximum Gasteiger partial charge on any atom is 0.171 e. The number of benzene rings is 1. The second-order valence-corrected chi connectivity index (χ2v) is 6.37. The van der Waals surface area contributed by atoms with E-state index in [0.29, 0.717) is 5.92 Å². The van der Waals surface area contributed by atoms with Crippen molar-refractivity contribution >= 4 is 23.0 Å². The van der Waals surface area contributed by atoms with Gasteiger partial charge in [-0.25, -0.2) is 0 Å². The minimum atomic E-state index is 0.188. The predicted octanol–water partition coefficient (Wildman–Crippen LogP) is 4.25. The Labute approximate surface area is 122 Å². The van der Waals surface area contributed by atoms with E-state index < -0.39 is 0 Å². The topological polar surface area (TPSA) is 24.1 Å². The predicted molar refractivity (Wildman–Crippen MR) is 86.6 cm³/mol. The summed E-state index contributed by atoms with van der Waals surface area (Å²) in [6, 6.07) is 8.31. The lowest BCUT2D eigenvalue weighted by Crippen LogP contribution is -2.51. The number of nitrogens with one attached hydrogen (secondary N) is 2. The molecule has 1 aromatic carbocycles. The second kappa shape index (κ2) is 5.91. The first-order valence-electron chi connectivity index (χ1n) is 7.18. The molecule has 0 saturated heterocycles. The van der Waals surface area contributed by atoms with Gasteiger partial charge in [0.25, 0.3) is 0 Å². The maximum absolute atomic E-state index is 5.48. The zero-order valence-electron chi connectivity index (χ0n) is 12.1. The van der Waals surface area contributed by atoms with Gasteiger partial charge in [-0.2, -0.15) is 0 Å². The Morgan fingerprint density at radius 1 is 1.26 bits per heavy atom. The third-order valence-electron chi connectivity index (χ3n) is 4.24. The number of rotatable bonds is 3. The Morgan fingerprint density at radius 2 is 1.95 bits per heavy atom. The van der Waals surface area contributed by atoms with Crippen LogP contribution in [0.1, 0.15) is 45.1 Å². The molecule has 0 heterocycles. The average Bonchev–Trinajstić information content (AvgIpc) is 2.78. The highest BCUT2D eigenvalue weighted by atomic mass is 32.1. The number of aryl methyl sites for hydroxylation is 1. The Morgan fingerprint density at radius 3 is 2.53 bits per heavy atom. The molecule has 2 nitrogen and oxygen atoms in total. The molecule has 1 aliphatic rings. The molecular weight excluding hydrogens is 252 g/mol. The van der Waals surface area contributed by atoms with Gasteiger partial charge < -0.3 is 10.6 Å². The third-order valence-corrected chi connectivity index (χ3v) is 4.44. The molecule has 19 heavy (non-hydrogen) atoms. The highest BCUT2D eigenvalue weighted by Crippen LogP contribution is 2.35. The molecule has 0 aliphatic heterocycles.